The van der Waals surface area contributed by atoms with Crippen LogP contribution >= 0.6 is 0 Å². The van der Waals surface area contributed by atoms with E-state index in [2.05, 4.69) is 20.2 Å². The lowest BCUT2D eigenvalue weighted by Crippen LogP contribution is -2.21. The van der Waals surface area contributed by atoms with Crippen LogP contribution in [0.1, 0.15) is 0 Å². The van der Waals surface area contributed by atoms with Crippen molar-refractivity contribution in [3.63, 3.8) is 0 Å². The predicted octanol–water partition coefficient (Wildman–Crippen LogP) is 0.0495. The second-order valence-corrected chi connectivity index (χ2v) is 3.71. The van der Waals surface area contributed by atoms with Gasteiger partial charge in [-0.2, -0.15) is 9.97 Å². The number of likely N-dealkylation sites (N-methyl/N-ethyl adjacent to an activating group) is 1. The van der Waals surface area contributed by atoms with Gasteiger partial charge in [0.05, 0.1) is 14.2 Å². The summed E-state index contributed by atoms with van der Waals surface area (Å²) in [5, 5.41) is 3.07. The lowest BCUT2D eigenvalue weighted by atomic mass is 10.5. The van der Waals surface area contributed by atoms with Gasteiger partial charge in [-0.1, -0.05) is 0 Å². The number of nitrogens with one attached hydrogen (secondary N) is 1. The SMILES string of the molecule is COc1nc(NCCN(C)C)nc(OC)c1N. The van der Waals surface area contributed by atoms with Gasteiger partial charge in [0.15, 0.2) is 5.69 Å². The van der Waals surface area contributed by atoms with Gasteiger partial charge in [-0.25, -0.2) is 0 Å². The molecule has 0 unspecified atom stereocenters. The number of aromatic nitrogens is 2. The van der Waals surface area contributed by atoms with E-state index in [1.165, 1.54) is 14.2 Å². The lowest BCUT2D eigenvalue weighted by Gasteiger charge is -2.13. The van der Waals surface area contributed by atoms with Crippen LogP contribution < -0.4 is 20.5 Å². The molecule has 0 amide bonds. The maximum absolute atomic E-state index is 5.74. The molecule has 0 fully saturated rings. The van der Waals surface area contributed by atoms with Crippen molar-refractivity contribution in [2.45, 2.75) is 0 Å². The zero-order valence-electron chi connectivity index (χ0n) is 10.6. The highest BCUT2D eigenvalue weighted by atomic mass is 16.5. The Labute approximate surface area is 101 Å². The number of methoxy groups -OCH3 is 2. The van der Waals surface area contributed by atoms with Crippen LogP contribution in [0.4, 0.5) is 11.6 Å². The summed E-state index contributed by atoms with van der Waals surface area (Å²) < 4.78 is 10.1. The number of rotatable bonds is 6. The monoisotopic (exact) mass is 241 g/mol. The number of nitrogens with two attached hydrogens (primary N) is 1. The zero-order valence-corrected chi connectivity index (χ0v) is 10.6. The first-order valence-corrected chi connectivity index (χ1v) is 5.22. The fraction of sp³-hybridized carbons (Fsp3) is 0.600. The van der Waals surface area contributed by atoms with Crippen LogP contribution in [0.2, 0.25) is 0 Å². The average Bonchev–Trinajstić information content (AvgIpc) is 2.30. The Bertz CT molecular complexity index is 345. The van der Waals surface area contributed by atoms with Gasteiger partial charge in [0.2, 0.25) is 17.7 Å². The van der Waals surface area contributed by atoms with Crippen molar-refractivity contribution in [3.05, 3.63) is 0 Å². The summed E-state index contributed by atoms with van der Waals surface area (Å²) in [6.07, 6.45) is 0. The largest absolute Gasteiger partial charge is 0.479 e. The second kappa shape index (κ2) is 6.09. The summed E-state index contributed by atoms with van der Waals surface area (Å²) in [5.41, 5.74) is 6.04. The highest BCUT2D eigenvalue weighted by molar-refractivity contribution is 5.58. The first kappa shape index (κ1) is 13.3. The van der Waals surface area contributed by atoms with E-state index in [0.29, 0.717) is 23.4 Å². The number of nitrogen functional groups attached to an aromatic ring is 1. The Morgan fingerprint density at radius 2 is 1.71 bits per heavy atom. The van der Waals surface area contributed by atoms with Gasteiger partial charge < -0.3 is 25.4 Å². The van der Waals surface area contributed by atoms with Crippen molar-refractivity contribution in [3.8, 4) is 11.8 Å². The normalized spacial score (nSPS) is 10.4. The van der Waals surface area contributed by atoms with E-state index in [9.17, 15) is 0 Å². The van der Waals surface area contributed by atoms with Gasteiger partial charge in [0.25, 0.3) is 0 Å². The van der Waals surface area contributed by atoms with Crippen LogP contribution in [0.25, 0.3) is 0 Å². The quantitative estimate of drug-likeness (QED) is 0.727. The molecule has 96 valence electrons. The summed E-state index contributed by atoms with van der Waals surface area (Å²) in [6, 6.07) is 0. The van der Waals surface area contributed by atoms with Gasteiger partial charge in [0, 0.05) is 13.1 Å². The molecule has 0 bridgehead atoms. The minimum Gasteiger partial charge on any atom is -0.479 e. The van der Waals surface area contributed by atoms with Gasteiger partial charge in [-0.05, 0) is 14.1 Å². The lowest BCUT2D eigenvalue weighted by molar-refractivity contribution is 0.377. The Morgan fingerprint density at radius 3 is 2.12 bits per heavy atom. The average molecular weight is 241 g/mol. The van der Waals surface area contributed by atoms with Gasteiger partial charge >= 0.3 is 0 Å². The van der Waals surface area contributed by atoms with Crippen LogP contribution in [-0.4, -0.2) is 56.3 Å². The molecule has 0 aliphatic carbocycles. The van der Waals surface area contributed by atoms with Crippen molar-refractivity contribution < 1.29 is 9.47 Å². The summed E-state index contributed by atoms with van der Waals surface area (Å²) in [5.74, 6) is 1.06. The Balaban J connectivity index is 2.78. The molecule has 0 saturated carbocycles. The third-order valence-corrected chi connectivity index (χ3v) is 2.10. The molecule has 0 aromatic carbocycles. The van der Waals surface area contributed by atoms with Crippen molar-refractivity contribution in [1.29, 1.82) is 0 Å². The highest BCUT2D eigenvalue weighted by Crippen LogP contribution is 2.28. The van der Waals surface area contributed by atoms with Gasteiger partial charge in [-0.3, -0.25) is 0 Å². The number of nitrogens with zero attached hydrogens (tertiary/aromatic N) is 3. The Hall–Kier alpha value is -1.76. The smallest absolute Gasteiger partial charge is 0.245 e. The first-order chi connectivity index (χ1) is 8.08. The molecular weight excluding hydrogens is 222 g/mol. The van der Waals surface area contributed by atoms with E-state index in [4.69, 9.17) is 15.2 Å². The maximum atomic E-state index is 5.74. The Kier molecular flexibility index (Phi) is 4.77. The molecule has 7 heteroatoms. The Morgan fingerprint density at radius 1 is 1.18 bits per heavy atom. The molecule has 0 aliphatic rings. The minimum absolute atomic E-state index is 0.299. The standard InChI is InChI=1S/C10H19N5O2/c1-15(2)6-5-12-10-13-8(16-3)7(11)9(14-10)17-4/h5-6,11H2,1-4H3,(H,12,13,14). The molecule has 0 atom stereocenters. The first-order valence-electron chi connectivity index (χ1n) is 5.22. The molecule has 0 spiro atoms. The van der Waals surface area contributed by atoms with Crippen LogP contribution in [0, 0.1) is 0 Å². The number of ether oxygens (including phenoxy) is 2. The summed E-state index contributed by atoms with van der Waals surface area (Å²) >= 11 is 0. The molecule has 3 N–H and O–H groups in total. The molecule has 7 nitrogen and oxygen atoms in total. The molecule has 1 aromatic rings. The van der Waals surface area contributed by atoms with Crippen molar-refractivity contribution >= 4 is 11.6 Å². The molecule has 0 aliphatic heterocycles. The predicted molar refractivity (Wildman–Crippen MR) is 66.6 cm³/mol. The van der Waals surface area contributed by atoms with Crippen molar-refractivity contribution in [2.75, 3.05) is 52.5 Å². The molecule has 1 aromatic heterocycles. The van der Waals surface area contributed by atoms with E-state index >= 15 is 0 Å². The van der Waals surface area contributed by atoms with Crippen LogP contribution in [0.3, 0.4) is 0 Å². The fourth-order valence-corrected chi connectivity index (χ4v) is 1.21. The molecule has 0 radical (unpaired) electrons. The molecule has 1 heterocycles. The van der Waals surface area contributed by atoms with Crippen LogP contribution in [0.15, 0.2) is 0 Å². The van der Waals surface area contributed by atoms with E-state index in [-0.39, 0.29) is 0 Å². The minimum atomic E-state index is 0.299. The number of hydrogen-bond acceptors (Lipinski definition) is 7. The van der Waals surface area contributed by atoms with E-state index < -0.39 is 0 Å². The topological polar surface area (TPSA) is 85.5 Å². The van der Waals surface area contributed by atoms with Crippen LogP contribution in [-0.2, 0) is 0 Å². The fourth-order valence-electron chi connectivity index (χ4n) is 1.21. The van der Waals surface area contributed by atoms with E-state index in [1.807, 2.05) is 14.1 Å². The molecule has 1 rings (SSSR count). The highest BCUT2D eigenvalue weighted by Gasteiger charge is 2.12. The molecular formula is C10H19N5O2. The third-order valence-electron chi connectivity index (χ3n) is 2.10. The van der Waals surface area contributed by atoms with Crippen molar-refractivity contribution in [2.24, 2.45) is 0 Å². The van der Waals surface area contributed by atoms with Gasteiger partial charge in [0.1, 0.15) is 0 Å². The van der Waals surface area contributed by atoms with Gasteiger partial charge in [-0.15, -0.1) is 0 Å². The zero-order chi connectivity index (χ0) is 12.8. The molecule has 17 heavy (non-hydrogen) atoms. The summed E-state index contributed by atoms with van der Waals surface area (Å²) in [6.45, 7) is 1.60. The third kappa shape index (κ3) is 3.63. The van der Waals surface area contributed by atoms with Crippen LogP contribution in [0.5, 0.6) is 11.8 Å². The van der Waals surface area contributed by atoms with Crippen molar-refractivity contribution in [1.82, 2.24) is 14.9 Å². The molecule has 0 saturated heterocycles. The number of hydrogen-bond donors (Lipinski definition) is 2. The maximum Gasteiger partial charge on any atom is 0.245 e. The summed E-state index contributed by atoms with van der Waals surface area (Å²) in [7, 11) is 6.99. The summed E-state index contributed by atoms with van der Waals surface area (Å²) in [4.78, 5) is 10.3. The van der Waals surface area contributed by atoms with E-state index in [1.54, 1.807) is 0 Å². The second-order valence-electron chi connectivity index (χ2n) is 3.71. The van der Waals surface area contributed by atoms with E-state index in [0.717, 1.165) is 13.1 Å². The number of anilines is 2.